The van der Waals surface area contributed by atoms with E-state index in [1.165, 1.54) is 31.3 Å². The fourth-order valence-corrected chi connectivity index (χ4v) is 2.73. The van der Waals surface area contributed by atoms with Gasteiger partial charge < -0.3 is 5.11 Å². The van der Waals surface area contributed by atoms with Crippen molar-refractivity contribution < 1.29 is 5.11 Å². The number of rotatable bonds is 4. The quantitative estimate of drug-likeness (QED) is 0.697. The summed E-state index contributed by atoms with van der Waals surface area (Å²) in [6.45, 7) is 9.05. The molecule has 0 aromatic rings. The minimum Gasteiger partial charge on any atom is -0.389 e. The van der Waals surface area contributed by atoms with Gasteiger partial charge in [-0.25, -0.2) is 0 Å². The predicted octanol–water partition coefficient (Wildman–Crippen LogP) is 3.92. The van der Waals surface area contributed by atoms with Crippen LogP contribution in [0.5, 0.6) is 0 Å². The van der Waals surface area contributed by atoms with E-state index in [9.17, 15) is 5.11 Å². The second-order valence-corrected chi connectivity index (χ2v) is 5.82. The Balaban J connectivity index is 2.61. The van der Waals surface area contributed by atoms with E-state index in [1.807, 2.05) is 0 Å². The maximum absolute atomic E-state index is 9.80. The highest BCUT2D eigenvalue weighted by molar-refractivity contribution is 5.13. The number of aliphatic hydroxyl groups excluding tert-OH is 1. The maximum Gasteiger partial charge on any atom is 0.0728 e. The Morgan fingerprint density at radius 2 is 2.00 bits per heavy atom. The monoisotopic (exact) mass is 210 g/mol. The van der Waals surface area contributed by atoms with E-state index >= 15 is 0 Å². The summed E-state index contributed by atoms with van der Waals surface area (Å²) in [6.07, 6.45) is 7.67. The van der Waals surface area contributed by atoms with E-state index in [4.69, 9.17) is 0 Å². The molecule has 1 N–H and O–H groups in total. The Labute approximate surface area is 94.6 Å². The van der Waals surface area contributed by atoms with Crippen molar-refractivity contribution in [1.82, 2.24) is 0 Å². The van der Waals surface area contributed by atoms with Gasteiger partial charge in [-0.15, -0.1) is 0 Å². The highest BCUT2D eigenvalue weighted by Gasteiger charge is 2.27. The van der Waals surface area contributed by atoms with Gasteiger partial charge in [0.25, 0.3) is 0 Å². The van der Waals surface area contributed by atoms with Gasteiger partial charge in [-0.2, -0.15) is 0 Å². The van der Waals surface area contributed by atoms with Crippen molar-refractivity contribution in [1.29, 1.82) is 0 Å². The Kier molecular flexibility index (Phi) is 4.39. The molecule has 88 valence electrons. The number of hydrogen-bond donors (Lipinski definition) is 1. The second kappa shape index (κ2) is 5.16. The van der Waals surface area contributed by atoms with Crippen LogP contribution in [0.2, 0.25) is 0 Å². The summed E-state index contributed by atoms with van der Waals surface area (Å²) < 4.78 is 0. The van der Waals surface area contributed by atoms with Crippen LogP contribution in [0.25, 0.3) is 0 Å². The zero-order valence-corrected chi connectivity index (χ0v) is 10.7. The van der Waals surface area contributed by atoms with Crippen molar-refractivity contribution in [3.8, 4) is 0 Å². The molecule has 0 radical (unpaired) electrons. The summed E-state index contributed by atoms with van der Waals surface area (Å²) in [7, 11) is 0. The standard InChI is InChI=1S/C14H26O/c1-5-11(6-2)7-12-8-13(15)10-14(3,4)9-12/h8,11,13,15H,5-7,9-10H2,1-4H3. The smallest absolute Gasteiger partial charge is 0.0728 e. The first-order valence-electron chi connectivity index (χ1n) is 6.34. The van der Waals surface area contributed by atoms with Crippen molar-refractivity contribution in [3.05, 3.63) is 11.6 Å². The summed E-state index contributed by atoms with van der Waals surface area (Å²) in [5, 5.41) is 9.80. The molecule has 1 aliphatic rings. The normalized spacial score (nSPS) is 25.5. The summed E-state index contributed by atoms with van der Waals surface area (Å²) in [5.74, 6) is 0.803. The highest BCUT2D eigenvalue weighted by atomic mass is 16.3. The Hall–Kier alpha value is -0.300. The number of aliphatic hydroxyl groups is 1. The number of hydrogen-bond acceptors (Lipinski definition) is 1. The van der Waals surface area contributed by atoms with Crippen LogP contribution in [0.4, 0.5) is 0 Å². The highest BCUT2D eigenvalue weighted by Crippen LogP contribution is 2.38. The van der Waals surface area contributed by atoms with Crippen molar-refractivity contribution in [2.24, 2.45) is 11.3 Å². The van der Waals surface area contributed by atoms with Crippen molar-refractivity contribution >= 4 is 0 Å². The third-order valence-electron chi connectivity index (χ3n) is 3.60. The molecular weight excluding hydrogens is 184 g/mol. The first kappa shape index (κ1) is 12.8. The third kappa shape index (κ3) is 3.98. The van der Waals surface area contributed by atoms with Crippen molar-refractivity contribution in [2.45, 2.75) is 65.9 Å². The largest absolute Gasteiger partial charge is 0.389 e. The van der Waals surface area contributed by atoms with E-state index in [0.717, 1.165) is 12.3 Å². The molecule has 0 heterocycles. The van der Waals surface area contributed by atoms with Crippen LogP contribution >= 0.6 is 0 Å². The fourth-order valence-electron chi connectivity index (χ4n) is 2.73. The lowest BCUT2D eigenvalue weighted by Gasteiger charge is -2.33. The first-order chi connectivity index (χ1) is 6.96. The molecule has 1 aliphatic carbocycles. The Morgan fingerprint density at radius 3 is 2.47 bits per heavy atom. The van der Waals surface area contributed by atoms with Crippen molar-refractivity contribution in [2.75, 3.05) is 0 Å². The molecule has 1 unspecified atom stereocenters. The lowest BCUT2D eigenvalue weighted by atomic mass is 9.74. The molecule has 1 nitrogen and oxygen atoms in total. The molecule has 0 fully saturated rings. The van der Waals surface area contributed by atoms with Crippen LogP contribution in [-0.4, -0.2) is 11.2 Å². The van der Waals surface area contributed by atoms with Gasteiger partial charge in [0.15, 0.2) is 0 Å². The van der Waals surface area contributed by atoms with Crippen LogP contribution in [0.3, 0.4) is 0 Å². The molecule has 15 heavy (non-hydrogen) atoms. The van der Waals surface area contributed by atoms with Gasteiger partial charge in [-0.05, 0) is 30.6 Å². The summed E-state index contributed by atoms with van der Waals surface area (Å²) in [4.78, 5) is 0. The van der Waals surface area contributed by atoms with Crippen LogP contribution in [0.1, 0.15) is 59.8 Å². The number of allylic oxidation sites excluding steroid dienone is 1. The van der Waals surface area contributed by atoms with Gasteiger partial charge in [-0.3, -0.25) is 0 Å². The zero-order valence-electron chi connectivity index (χ0n) is 10.7. The molecule has 0 aromatic heterocycles. The first-order valence-corrected chi connectivity index (χ1v) is 6.34. The van der Waals surface area contributed by atoms with Gasteiger partial charge in [0.1, 0.15) is 0 Å². The van der Waals surface area contributed by atoms with Gasteiger partial charge >= 0.3 is 0 Å². The van der Waals surface area contributed by atoms with Gasteiger partial charge in [0, 0.05) is 0 Å². The average molecular weight is 210 g/mol. The molecule has 0 saturated heterocycles. The van der Waals surface area contributed by atoms with Gasteiger partial charge in [0.05, 0.1) is 6.10 Å². The molecule has 0 bridgehead atoms. The van der Waals surface area contributed by atoms with E-state index in [1.54, 1.807) is 0 Å². The predicted molar refractivity (Wildman–Crippen MR) is 65.8 cm³/mol. The van der Waals surface area contributed by atoms with Crippen LogP contribution in [0, 0.1) is 11.3 Å². The third-order valence-corrected chi connectivity index (χ3v) is 3.60. The molecule has 1 heteroatoms. The van der Waals surface area contributed by atoms with Crippen LogP contribution < -0.4 is 0 Å². The van der Waals surface area contributed by atoms with Gasteiger partial charge in [0.2, 0.25) is 0 Å². The summed E-state index contributed by atoms with van der Waals surface area (Å²) in [6, 6.07) is 0. The zero-order chi connectivity index (χ0) is 11.5. The molecule has 1 rings (SSSR count). The Bertz CT molecular complexity index is 223. The molecule has 0 aliphatic heterocycles. The molecule has 0 spiro atoms. The minimum atomic E-state index is -0.210. The average Bonchev–Trinajstić information content (AvgIpc) is 2.10. The SMILES string of the molecule is CCC(CC)CC1=CC(O)CC(C)(C)C1. The molecule has 1 atom stereocenters. The fraction of sp³-hybridized carbons (Fsp3) is 0.857. The minimum absolute atomic E-state index is 0.210. The molecule has 0 saturated carbocycles. The van der Waals surface area contributed by atoms with E-state index in [-0.39, 0.29) is 11.5 Å². The van der Waals surface area contributed by atoms with Crippen LogP contribution in [0.15, 0.2) is 11.6 Å². The lowest BCUT2D eigenvalue weighted by molar-refractivity contribution is 0.136. The topological polar surface area (TPSA) is 20.2 Å². The Morgan fingerprint density at radius 1 is 1.40 bits per heavy atom. The van der Waals surface area contributed by atoms with E-state index in [2.05, 4.69) is 33.8 Å². The lowest BCUT2D eigenvalue weighted by Crippen LogP contribution is -2.25. The molecular formula is C14H26O. The molecule has 0 aromatic carbocycles. The second-order valence-electron chi connectivity index (χ2n) is 5.82. The summed E-state index contributed by atoms with van der Waals surface area (Å²) >= 11 is 0. The maximum atomic E-state index is 9.80. The van der Waals surface area contributed by atoms with Crippen molar-refractivity contribution in [3.63, 3.8) is 0 Å². The van der Waals surface area contributed by atoms with Gasteiger partial charge in [-0.1, -0.05) is 52.2 Å². The van der Waals surface area contributed by atoms with E-state index in [0.29, 0.717) is 0 Å². The summed E-state index contributed by atoms with van der Waals surface area (Å²) in [5.41, 5.74) is 1.77. The van der Waals surface area contributed by atoms with E-state index < -0.39 is 0 Å². The molecule has 0 amide bonds. The van der Waals surface area contributed by atoms with Crippen LogP contribution in [-0.2, 0) is 0 Å².